The van der Waals surface area contributed by atoms with Crippen molar-refractivity contribution < 1.29 is 47.3 Å². The van der Waals surface area contributed by atoms with Crippen LogP contribution in [0.2, 0.25) is 0 Å². The van der Waals surface area contributed by atoms with E-state index in [2.05, 4.69) is 45.7 Å². The highest BCUT2D eigenvalue weighted by atomic mass is 19.3. The first-order chi connectivity index (χ1) is 32.7. The molecular weight excluding hydrogens is 879 g/mol. The number of carbonyl (C=O) groups excluding carboxylic acids is 4. The molecule has 6 aromatic rings. The van der Waals surface area contributed by atoms with Gasteiger partial charge < -0.3 is 46.3 Å². The summed E-state index contributed by atoms with van der Waals surface area (Å²) in [4.78, 5) is 65.2. The molecule has 2 aliphatic rings. The first-order valence-corrected chi connectivity index (χ1v) is 22.0. The molecule has 18 heteroatoms. The van der Waals surface area contributed by atoms with Gasteiger partial charge in [-0.05, 0) is 97.0 Å². The van der Waals surface area contributed by atoms with Crippen molar-refractivity contribution in [3.63, 3.8) is 0 Å². The van der Waals surface area contributed by atoms with Crippen molar-refractivity contribution in [2.45, 2.75) is 51.2 Å². The number of aryl methyl sites for hydroxylation is 1. The maximum atomic E-state index is 13.6. The van der Waals surface area contributed by atoms with E-state index in [1.807, 2.05) is 19.9 Å². The molecule has 1 aliphatic carbocycles. The average molecular weight is 927 g/mol. The third-order valence-corrected chi connectivity index (χ3v) is 11.6. The summed E-state index contributed by atoms with van der Waals surface area (Å²) in [6.45, 7) is 4.72. The number of alkyl halides is 2. The summed E-state index contributed by atoms with van der Waals surface area (Å²) in [6.07, 6.45) is 1.30. The number of nitrogens with one attached hydrogen (secondary N) is 4. The van der Waals surface area contributed by atoms with Gasteiger partial charge >= 0.3 is 6.29 Å². The van der Waals surface area contributed by atoms with Gasteiger partial charge in [0, 0.05) is 66.3 Å². The topological polar surface area (TPSA) is 229 Å². The van der Waals surface area contributed by atoms with Gasteiger partial charge in [-0.3, -0.25) is 24.2 Å². The van der Waals surface area contributed by atoms with Gasteiger partial charge in [0.15, 0.2) is 11.5 Å². The van der Waals surface area contributed by atoms with Gasteiger partial charge in [-0.25, -0.2) is 9.97 Å². The summed E-state index contributed by atoms with van der Waals surface area (Å²) >= 11 is 0. The van der Waals surface area contributed by atoms with Crippen molar-refractivity contribution in [1.29, 1.82) is 0 Å². The van der Waals surface area contributed by atoms with E-state index in [9.17, 15) is 33.1 Å². The molecule has 4 amide bonds. The molecule has 1 saturated carbocycles. The summed E-state index contributed by atoms with van der Waals surface area (Å²) in [5.74, 6) is -0.748. The van der Waals surface area contributed by atoms with Crippen LogP contribution in [0.25, 0.3) is 33.5 Å². The molecule has 3 aromatic heterocycles. The number of phenolic OH excluding ortho intramolecular Hbond substituents is 1. The third kappa shape index (κ3) is 10.5. The first-order valence-electron chi connectivity index (χ1n) is 22.0. The number of amides is 4. The van der Waals surface area contributed by atoms with E-state index in [1.54, 1.807) is 85.2 Å². The Labute approximate surface area is 389 Å². The molecule has 0 bridgehead atoms. The van der Waals surface area contributed by atoms with Crippen LogP contribution in [0, 0.1) is 6.92 Å². The number of hydrogen-bond donors (Lipinski definition) is 6. The highest BCUT2D eigenvalue weighted by Gasteiger charge is 2.53. The fourth-order valence-corrected chi connectivity index (χ4v) is 7.93. The molecule has 0 saturated heterocycles. The number of rotatable bonds is 18. The van der Waals surface area contributed by atoms with Crippen LogP contribution in [0.3, 0.4) is 0 Å². The summed E-state index contributed by atoms with van der Waals surface area (Å²) in [5.41, 5.74) is 12.6. The van der Waals surface area contributed by atoms with Crippen LogP contribution in [-0.2, 0) is 26.2 Å². The largest absolute Gasteiger partial charge is 0.586 e. The number of anilines is 2. The van der Waals surface area contributed by atoms with Gasteiger partial charge in [-0.2, -0.15) is 0 Å². The Morgan fingerprint density at radius 2 is 1.54 bits per heavy atom. The van der Waals surface area contributed by atoms with Gasteiger partial charge in [0.1, 0.15) is 23.1 Å². The molecule has 4 heterocycles. The molecule has 0 radical (unpaired) electrons. The minimum absolute atomic E-state index is 0.0773. The number of aromatic hydroxyl groups is 1. The highest BCUT2D eigenvalue weighted by Crippen LogP contribution is 2.52. The molecule has 1 aliphatic heterocycles. The maximum Gasteiger partial charge on any atom is 0.586 e. The number of aromatic nitrogens is 3. The van der Waals surface area contributed by atoms with Crippen LogP contribution in [0.4, 0.5) is 20.4 Å². The van der Waals surface area contributed by atoms with Crippen molar-refractivity contribution in [3.05, 3.63) is 131 Å². The Morgan fingerprint density at radius 1 is 0.794 bits per heavy atom. The Bertz CT molecular complexity index is 2880. The number of fused-ring (bicyclic) bond motifs is 1. The van der Waals surface area contributed by atoms with Crippen LogP contribution in [0.1, 0.15) is 63.7 Å². The van der Waals surface area contributed by atoms with E-state index in [0.717, 1.165) is 33.4 Å². The lowest BCUT2D eigenvalue weighted by Crippen LogP contribution is -2.35. The fraction of sp³-hybridized carbons (Fsp3) is 0.260. The number of ether oxygens (including phenoxy) is 3. The van der Waals surface area contributed by atoms with Gasteiger partial charge in [-0.1, -0.05) is 49.4 Å². The van der Waals surface area contributed by atoms with Gasteiger partial charge in [-0.15, -0.1) is 8.78 Å². The molecular formula is C50H48F2N8O8. The van der Waals surface area contributed by atoms with E-state index >= 15 is 0 Å². The summed E-state index contributed by atoms with van der Waals surface area (Å²) in [5, 5.41) is 20.9. The minimum atomic E-state index is -3.76. The lowest BCUT2D eigenvalue weighted by atomic mass is 9.92. The van der Waals surface area contributed by atoms with Crippen molar-refractivity contribution in [2.24, 2.45) is 0 Å². The summed E-state index contributed by atoms with van der Waals surface area (Å²) in [7, 11) is 0. The average Bonchev–Trinajstić information content (AvgIpc) is 4.09. The van der Waals surface area contributed by atoms with Gasteiger partial charge in [0.05, 0.1) is 24.3 Å². The molecule has 16 nitrogen and oxygen atoms in total. The number of nitrogens with zero attached hydrogens (tertiary/aromatic N) is 3. The number of nitrogen functional groups attached to an aromatic ring is 1. The van der Waals surface area contributed by atoms with Gasteiger partial charge in [0.2, 0.25) is 11.8 Å². The van der Waals surface area contributed by atoms with Crippen LogP contribution in [-0.4, -0.2) is 82.8 Å². The van der Waals surface area contributed by atoms with Crippen molar-refractivity contribution in [3.8, 4) is 50.8 Å². The van der Waals surface area contributed by atoms with E-state index in [0.29, 0.717) is 53.3 Å². The second kappa shape index (κ2) is 19.9. The zero-order chi connectivity index (χ0) is 48.0. The number of nitrogens with two attached hydrogens (primary N) is 1. The number of carbonyl (C=O) groups is 4. The SMILES string of the molecule is CCc1c(-c2ccc(C(=O)NCCNC(=O)CCOCCNC(=O)c3cccc(-c4nc(NC(=O)C5(c6ccc7c(c6)OC(F)(F)O7)CC5)ccc4C)c3)nc2)cnc(N)c1-c1ccc(O)cc1. The van der Waals surface area contributed by atoms with E-state index in [1.165, 1.54) is 12.1 Å². The Kier molecular flexibility index (Phi) is 13.6. The molecule has 1 fully saturated rings. The van der Waals surface area contributed by atoms with E-state index in [4.69, 9.17) is 10.5 Å². The number of phenols is 1. The van der Waals surface area contributed by atoms with E-state index < -0.39 is 17.6 Å². The van der Waals surface area contributed by atoms with Gasteiger partial charge in [0.25, 0.3) is 11.8 Å². The number of benzene rings is 3. The normalized spacial score (nSPS) is 13.9. The number of hydrogen-bond acceptors (Lipinski definition) is 12. The van der Waals surface area contributed by atoms with Crippen LogP contribution >= 0.6 is 0 Å². The second-order valence-corrected chi connectivity index (χ2v) is 16.3. The monoisotopic (exact) mass is 926 g/mol. The van der Waals surface area contributed by atoms with E-state index in [-0.39, 0.29) is 79.9 Å². The number of halogens is 2. The van der Waals surface area contributed by atoms with Crippen molar-refractivity contribution in [1.82, 2.24) is 30.9 Å². The quantitative estimate of drug-likeness (QED) is 0.0495. The minimum Gasteiger partial charge on any atom is -0.508 e. The second-order valence-electron chi connectivity index (χ2n) is 16.3. The third-order valence-electron chi connectivity index (χ3n) is 11.6. The predicted octanol–water partition coefficient (Wildman–Crippen LogP) is 6.71. The Morgan fingerprint density at radius 3 is 2.29 bits per heavy atom. The summed E-state index contributed by atoms with van der Waals surface area (Å²) in [6, 6.07) is 24.9. The van der Waals surface area contributed by atoms with Crippen molar-refractivity contribution in [2.75, 3.05) is 43.9 Å². The maximum absolute atomic E-state index is 13.6. The molecule has 7 N–H and O–H groups in total. The zero-order valence-corrected chi connectivity index (χ0v) is 37.2. The lowest BCUT2D eigenvalue weighted by molar-refractivity contribution is -0.286. The van der Waals surface area contributed by atoms with Crippen LogP contribution in [0.5, 0.6) is 17.2 Å². The smallest absolute Gasteiger partial charge is 0.508 e. The first kappa shape index (κ1) is 46.5. The molecule has 8 rings (SSSR count). The molecule has 68 heavy (non-hydrogen) atoms. The predicted molar refractivity (Wildman–Crippen MR) is 248 cm³/mol. The molecule has 3 aromatic carbocycles. The Hall–Kier alpha value is -7.99. The molecule has 0 unspecified atom stereocenters. The number of pyridine rings is 3. The standard InChI is InChI=1S/C50H48F2N8O8/c1-3-36-37(28-58-45(53)43(36)30-8-12-35(61)13-9-30)33-10-14-38(57-27-33)47(64)55-21-20-54-42(62)17-23-66-24-22-56-46(63)32-6-4-5-31(25-32)44-29(2)7-16-41(59-44)60-48(65)49(18-19-49)34-11-15-39-40(26-34)68-50(51,52)67-39/h4-16,25-28,61H,3,17-24H2,1-2H3,(H2,53,58)(H,54,62)(H,55,64)(H,56,63)(H,59,60,65). The molecule has 350 valence electrons. The summed E-state index contributed by atoms with van der Waals surface area (Å²) < 4.78 is 41.9. The molecule has 0 atom stereocenters. The Balaban J connectivity index is 0.739. The van der Waals surface area contributed by atoms with Crippen LogP contribution in [0.15, 0.2) is 103 Å². The lowest BCUT2D eigenvalue weighted by Gasteiger charge is -2.17. The van der Waals surface area contributed by atoms with Crippen molar-refractivity contribution >= 4 is 35.3 Å². The zero-order valence-electron chi connectivity index (χ0n) is 37.2. The van der Waals surface area contributed by atoms with Crippen LogP contribution < -0.4 is 36.5 Å². The highest BCUT2D eigenvalue weighted by molar-refractivity contribution is 6.01. The fourth-order valence-electron chi connectivity index (χ4n) is 7.93. The molecule has 0 spiro atoms.